The van der Waals surface area contributed by atoms with Gasteiger partial charge in [0.25, 0.3) is 5.91 Å². The number of benzene rings is 1. The fourth-order valence-electron chi connectivity index (χ4n) is 3.58. The summed E-state index contributed by atoms with van der Waals surface area (Å²) in [5, 5.41) is 18.0. The second-order valence-corrected chi connectivity index (χ2v) is 7.29. The Hall–Kier alpha value is -3.00. The van der Waals surface area contributed by atoms with Crippen molar-refractivity contribution in [3.8, 4) is 5.75 Å². The number of hydrogen-bond acceptors (Lipinski definition) is 5. The van der Waals surface area contributed by atoms with E-state index in [2.05, 4.69) is 15.4 Å². The number of carbonyl (C=O) groups excluding carboxylic acids is 1. The van der Waals surface area contributed by atoms with E-state index in [1.165, 1.54) is 43.3 Å². The van der Waals surface area contributed by atoms with Gasteiger partial charge in [0, 0.05) is 18.1 Å². The average molecular weight is 398 g/mol. The molecule has 1 aliphatic carbocycles. The molecular formula is C21H23FN4O3. The number of aliphatic hydroxyl groups excluding tert-OH is 1. The summed E-state index contributed by atoms with van der Waals surface area (Å²) in [7, 11) is 0. The summed E-state index contributed by atoms with van der Waals surface area (Å²) in [4.78, 5) is 16.8. The number of rotatable bonds is 7. The quantitative estimate of drug-likeness (QED) is 0.639. The summed E-state index contributed by atoms with van der Waals surface area (Å²) >= 11 is 0. The lowest BCUT2D eigenvalue weighted by molar-refractivity contribution is 0.0843. The van der Waals surface area contributed by atoms with Crippen LogP contribution in [0.3, 0.4) is 0 Å². The van der Waals surface area contributed by atoms with Crippen molar-refractivity contribution in [3.05, 3.63) is 54.1 Å². The molecule has 0 spiro atoms. The summed E-state index contributed by atoms with van der Waals surface area (Å²) in [5.41, 5.74) is 1.20. The van der Waals surface area contributed by atoms with Gasteiger partial charge in [0.2, 0.25) is 0 Å². The van der Waals surface area contributed by atoms with Crippen LogP contribution in [-0.4, -0.2) is 45.0 Å². The lowest BCUT2D eigenvalue weighted by Crippen LogP contribution is -2.35. The second-order valence-electron chi connectivity index (χ2n) is 7.29. The standard InChI is InChI=1S/C21H23FN4O3/c22-16-5-7-19(8-6-16)29-13-18(27)12-24-21(28)15-9-14-11-25-26(20(14)23-10-15)17-3-1-2-4-17/h5-11,17-18,27H,1-4,12-13H2,(H,24,28). The molecular weight excluding hydrogens is 375 g/mol. The zero-order valence-electron chi connectivity index (χ0n) is 15.9. The highest BCUT2D eigenvalue weighted by Gasteiger charge is 2.20. The number of amides is 1. The summed E-state index contributed by atoms with van der Waals surface area (Å²) < 4.78 is 20.2. The number of fused-ring (bicyclic) bond motifs is 1. The van der Waals surface area contributed by atoms with Gasteiger partial charge in [-0.25, -0.2) is 14.1 Å². The molecule has 0 aliphatic heterocycles. The summed E-state index contributed by atoms with van der Waals surface area (Å²) in [5.74, 6) is -0.232. The molecule has 1 aliphatic rings. The Morgan fingerprint density at radius 2 is 2.03 bits per heavy atom. The highest BCUT2D eigenvalue weighted by atomic mass is 19.1. The Bertz CT molecular complexity index is 983. The molecule has 8 heteroatoms. The third-order valence-corrected chi connectivity index (χ3v) is 5.12. The van der Waals surface area contributed by atoms with E-state index in [4.69, 9.17) is 4.74 Å². The van der Waals surface area contributed by atoms with Gasteiger partial charge >= 0.3 is 0 Å². The molecule has 0 radical (unpaired) electrons. The van der Waals surface area contributed by atoms with Gasteiger partial charge in [0.05, 0.1) is 17.8 Å². The lowest BCUT2D eigenvalue weighted by Gasteiger charge is -2.13. The van der Waals surface area contributed by atoms with Crippen LogP contribution in [0.2, 0.25) is 0 Å². The molecule has 7 nitrogen and oxygen atoms in total. The molecule has 1 aromatic carbocycles. The van der Waals surface area contributed by atoms with Crippen LogP contribution < -0.4 is 10.1 Å². The van der Waals surface area contributed by atoms with Crippen LogP contribution in [0.1, 0.15) is 42.1 Å². The minimum Gasteiger partial charge on any atom is -0.491 e. The molecule has 2 aromatic heterocycles. The fraction of sp³-hybridized carbons (Fsp3) is 0.381. The fourth-order valence-corrected chi connectivity index (χ4v) is 3.58. The number of carbonyl (C=O) groups is 1. The van der Waals surface area contributed by atoms with Crippen molar-refractivity contribution in [3.63, 3.8) is 0 Å². The molecule has 3 aromatic rings. The molecule has 1 amide bonds. The largest absolute Gasteiger partial charge is 0.491 e. The topological polar surface area (TPSA) is 89.3 Å². The SMILES string of the molecule is O=C(NCC(O)COc1ccc(F)cc1)c1cnc2c(cnn2C2CCCC2)c1. The van der Waals surface area contributed by atoms with Gasteiger partial charge in [-0.05, 0) is 43.2 Å². The molecule has 152 valence electrons. The molecule has 0 saturated heterocycles. The average Bonchev–Trinajstić information content (AvgIpc) is 3.40. The van der Waals surface area contributed by atoms with Crippen LogP contribution in [-0.2, 0) is 0 Å². The van der Waals surface area contributed by atoms with Crippen molar-refractivity contribution in [1.82, 2.24) is 20.1 Å². The Morgan fingerprint density at radius 1 is 1.28 bits per heavy atom. The van der Waals surface area contributed by atoms with E-state index in [0.29, 0.717) is 17.4 Å². The van der Waals surface area contributed by atoms with Gasteiger partial charge in [-0.15, -0.1) is 0 Å². The van der Waals surface area contributed by atoms with E-state index in [0.717, 1.165) is 23.9 Å². The number of halogens is 1. The van der Waals surface area contributed by atoms with Gasteiger partial charge in [-0.1, -0.05) is 12.8 Å². The summed E-state index contributed by atoms with van der Waals surface area (Å²) in [6, 6.07) is 7.66. The molecule has 29 heavy (non-hydrogen) atoms. The van der Waals surface area contributed by atoms with Crippen molar-refractivity contribution < 1.29 is 19.0 Å². The molecule has 4 rings (SSSR count). The smallest absolute Gasteiger partial charge is 0.252 e. The summed E-state index contributed by atoms with van der Waals surface area (Å²) in [6.45, 7) is 0.0107. The van der Waals surface area contributed by atoms with E-state index in [1.807, 2.05) is 4.68 Å². The molecule has 1 fully saturated rings. The zero-order chi connectivity index (χ0) is 20.2. The minimum absolute atomic E-state index is 0.0165. The number of ether oxygens (including phenoxy) is 1. The van der Waals surface area contributed by atoms with Crippen molar-refractivity contribution in [1.29, 1.82) is 0 Å². The van der Waals surface area contributed by atoms with Gasteiger partial charge in [0.1, 0.15) is 24.3 Å². The van der Waals surface area contributed by atoms with Crippen LogP contribution in [0.4, 0.5) is 4.39 Å². The molecule has 1 unspecified atom stereocenters. The first-order chi connectivity index (χ1) is 14.1. The minimum atomic E-state index is -0.897. The zero-order valence-corrected chi connectivity index (χ0v) is 15.9. The maximum absolute atomic E-state index is 12.9. The third-order valence-electron chi connectivity index (χ3n) is 5.12. The number of aliphatic hydroxyl groups is 1. The van der Waals surface area contributed by atoms with Gasteiger partial charge < -0.3 is 15.2 Å². The lowest BCUT2D eigenvalue weighted by atomic mass is 10.2. The molecule has 2 heterocycles. The highest BCUT2D eigenvalue weighted by molar-refractivity contribution is 5.96. The second kappa shape index (κ2) is 8.57. The van der Waals surface area contributed by atoms with Crippen molar-refractivity contribution in [2.45, 2.75) is 37.8 Å². The van der Waals surface area contributed by atoms with Crippen molar-refractivity contribution in [2.75, 3.05) is 13.2 Å². The van der Waals surface area contributed by atoms with Gasteiger partial charge in [0.15, 0.2) is 5.65 Å². The van der Waals surface area contributed by atoms with E-state index in [1.54, 1.807) is 12.3 Å². The normalized spacial score (nSPS) is 15.5. The number of nitrogens with one attached hydrogen (secondary N) is 1. The van der Waals surface area contributed by atoms with Crippen molar-refractivity contribution >= 4 is 16.9 Å². The van der Waals surface area contributed by atoms with Crippen LogP contribution in [0.5, 0.6) is 5.75 Å². The van der Waals surface area contributed by atoms with E-state index in [9.17, 15) is 14.3 Å². The Kier molecular flexibility index (Phi) is 5.71. The first-order valence-electron chi connectivity index (χ1n) is 9.78. The molecule has 1 saturated carbocycles. The van der Waals surface area contributed by atoms with Crippen LogP contribution in [0, 0.1) is 5.82 Å². The Morgan fingerprint density at radius 3 is 2.79 bits per heavy atom. The Labute approximate surface area is 167 Å². The van der Waals surface area contributed by atoms with Gasteiger partial charge in [-0.2, -0.15) is 5.10 Å². The third kappa shape index (κ3) is 4.54. The maximum atomic E-state index is 12.9. The predicted molar refractivity (Wildman–Crippen MR) is 105 cm³/mol. The molecule has 0 bridgehead atoms. The van der Waals surface area contributed by atoms with E-state index in [-0.39, 0.29) is 24.9 Å². The first-order valence-corrected chi connectivity index (χ1v) is 9.78. The number of pyridine rings is 1. The van der Waals surface area contributed by atoms with E-state index < -0.39 is 6.10 Å². The number of hydrogen-bond donors (Lipinski definition) is 2. The number of nitrogens with zero attached hydrogens (tertiary/aromatic N) is 3. The van der Waals surface area contributed by atoms with Crippen molar-refractivity contribution in [2.24, 2.45) is 0 Å². The predicted octanol–water partition coefficient (Wildman–Crippen LogP) is 2.86. The summed E-state index contributed by atoms with van der Waals surface area (Å²) in [6.07, 6.45) is 7.01. The maximum Gasteiger partial charge on any atom is 0.252 e. The monoisotopic (exact) mass is 398 g/mol. The number of aromatic nitrogens is 3. The Balaban J connectivity index is 1.32. The molecule has 1 atom stereocenters. The first kappa shape index (κ1) is 19.3. The van der Waals surface area contributed by atoms with Crippen LogP contribution >= 0.6 is 0 Å². The highest BCUT2D eigenvalue weighted by Crippen LogP contribution is 2.31. The van der Waals surface area contributed by atoms with Gasteiger partial charge in [-0.3, -0.25) is 4.79 Å². The van der Waals surface area contributed by atoms with E-state index >= 15 is 0 Å². The van der Waals surface area contributed by atoms with Crippen LogP contribution in [0.15, 0.2) is 42.7 Å². The molecule has 2 N–H and O–H groups in total. The van der Waals surface area contributed by atoms with Crippen LogP contribution in [0.25, 0.3) is 11.0 Å².